The van der Waals surface area contributed by atoms with Crippen molar-refractivity contribution in [3.05, 3.63) is 58.6 Å². The Morgan fingerprint density at radius 2 is 2.05 bits per heavy atom. The highest BCUT2D eigenvalue weighted by Gasteiger charge is 2.08. The van der Waals surface area contributed by atoms with Gasteiger partial charge in [-0.3, -0.25) is 0 Å². The van der Waals surface area contributed by atoms with Gasteiger partial charge in [0.05, 0.1) is 29.5 Å². The largest absolute Gasteiger partial charge is 0.497 e. The Morgan fingerprint density at radius 3 is 2.70 bits per heavy atom. The average Bonchev–Trinajstić information content (AvgIpc) is 2.47. The lowest BCUT2D eigenvalue weighted by Crippen LogP contribution is -2.16. The molecule has 3 nitrogen and oxygen atoms in total. The highest BCUT2D eigenvalue weighted by Crippen LogP contribution is 2.27. The molecule has 4 heteroatoms. The second-order valence-corrected chi connectivity index (χ2v) is 4.89. The van der Waals surface area contributed by atoms with Crippen molar-refractivity contribution in [2.24, 2.45) is 0 Å². The number of hydrogen-bond donors (Lipinski definition) is 0. The number of ether oxygens (including phenoxy) is 1. The summed E-state index contributed by atoms with van der Waals surface area (Å²) >= 11 is 6.21. The highest BCUT2D eigenvalue weighted by atomic mass is 35.5. The van der Waals surface area contributed by atoms with Crippen molar-refractivity contribution in [1.29, 1.82) is 5.26 Å². The monoisotopic (exact) mass is 286 g/mol. The minimum Gasteiger partial charge on any atom is -0.497 e. The third kappa shape index (κ3) is 3.23. The number of benzene rings is 2. The molecular weight excluding hydrogens is 272 g/mol. The zero-order valence-corrected chi connectivity index (χ0v) is 12.2. The summed E-state index contributed by atoms with van der Waals surface area (Å²) in [4.78, 5) is 2.04. The van der Waals surface area contributed by atoms with E-state index < -0.39 is 0 Å². The van der Waals surface area contributed by atoms with E-state index in [1.54, 1.807) is 19.2 Å². The van der Waals surface area contributed by atoms with Crippen LogP contribution < -0.4 is 9.64 Å². The van der Waals surface area contributed by atoms with Gasteiger partial charge < -0.3 is 9.64 Å². The van der Waals surface area contributed by atoms with Crippen molar-refractivity contribution in [1.82, 2.24) is 0 Å². The molecule has 0 aromatic heterocycles. The molecule has 0 aliphatic rings. The quantitative estimate of drug-likeness (QED) is 0.856. The van der Waals surface area contributed by atoms with Gasteiger partial charge >= 0.3 is 0 Å². The van der Waals surface area contributed by atoms with E-state index in [1.807, 2.05) is 42.3 Å². The number of halogens is 1. The van der Waals surface area contributed by atoms with Crippen LogP contribution in [0.3, 0.4) is 0 Å². The van der Waals surface area contributed by atoms with Gasteiger partial charge in [-0.25, -0.2) is 0 Å². The van der Waals surface area contributed by atoms with Crippen LogP contribution in [-0.2, 0) is 6.54 Å². The van der Waals surface area contributed by atoms with Gasteiger partial charge in [-0.1, -0.05) is 23.7 Å². The second kappa shape index (κ2) is 6.31. The van der Waals surface area contributed by atoms with E-state index >= 15 is 0 Å². The molecular formula is C16H15ClN2O. The topological polar surface area (TPSA) is 36.3 Å². The molecule has 0 aliphatic carbocycles. The van der Waals surface area contributed by atoms with E-state index in [1.165, 1.54) is 0 Å². The van der Waals surface area contributed by atoms with E-state index in [0.29, 0.717) is 17.1 Å². The first-order chi connectivity index (χ1) is 9.63. The Morgan fingerprint density at radius 1 is 1.25 bits per heavy atom. The molecule has 20 heavy (non-hydrogen) atoms. The molecule has 0 heterocycles. The average molecular weight is 287 g/mol. The third-order valence-electron chi connectivity index (χ3n) is 3.04. The summed E-state index contributed by atoms with van der Waals surface area (Å²) in [5, 5.41) is 9.43. The molecule has 0 N–H and O–H groups in total. The van der Waals surface area contributed by atoms with Crippen LogP contribution in [0.2, 0.25) is 5.02 Å². The zero-order chi connectivity index (χ0) is 14.5. The summed E-state index contributed by atoms with van der Waals surface area (Å²) in [6.45, 7) is 0.711. The van der Waals surface area contributed by atoms with Crippen molar-refractivity contribution in [3.8, 4) is 11.8 Å². The molecule has 0 radical (unpaired) electrons. The molecule has 2 aromatic rings. The van der Waals surface area contributed by atoms with Gasteiger partial charge in [0.1, 0.15) is 5.75 Å². The van der Waals surface area contributed by atoms with Crippen LogP contribution in [0.4, 0.5) is 5.69 Å². The van der Waals surface area contributed by atoms with Gasteiger partial charge in [-0.05, 0) is 35.9 Å². The molecule has 0 amide bonds. The molecule has 0 bridgehead atoms. The van der Waals surface area contributed by atoms with Crippen LogP contribution in [0.1, 0.15) is 11.1 Å². The van der Waals surface area contributed by atoms with Crippen molar-refractivity contribution in [2.45, 2.75) is 6.54 Å². The zero-order valence-electron chi connectivity index (χ0n) is 11.4. The Labute approximate surface area is 124 Å². The summed E-state index contributed by atoms with van der Waals surface area (Å²) in [6.07, 6.45) is 0. The van der Waals surface area contributed by atoms with Crippen LogP contribution >= 0.6 is 11.6 Å². The first kappa shape index (κ1) is 14.2. The Hall–Kier alpha value is -2.18. The summed E-state index contributed by atoms with van der Waals surface area (Å²) in [5.74, 6) is 0.835. The van der Waals surface area contributed by atoms with Gasteiger partial charge in [0.25, 0.3) is 0 Å². The molecule has 0 saturated heterocycles. The fraction of sp³-hybridized carbons (Fsp3) is 0.188. The van der Waals surface area contributed by atoms with Crippen LogP contribution in [0.25, 0.3) is 0 Å². The van der Waals surface area contributed by atoms with Crippen LogP contribution in [0.5, 0.6) is 5.75 Å². The summed E-state index contributed by atoms with van der Waals surface area (Å²) in [6, 6.07) is 15.3. The van der Waals surface area contributed by atoms with Crippen molar-refractivity contribution >= 4 is 17.3 Å². The second-order valence-electron chi connectivity index (χ2n) is 4.49. The van der Waals surface area contributed by atoms with Gasteiger partial charge in [-0.15, -0.1) is 0 Å². The molecule has 0 spiro atoms. The van der Waals surface area contributed by atoms with Crippen LogP contribution in [-0.4, -0.2) is 14.2 Å². The fourth-order valence-electron chi connectivity index (χ4n) is 2.02. The number of nitrogens with zero attached hydrogens (tertiary/aromatic N) is 2. The van der Waals surface area contributed by atoms with E-state index in [0.717, 1.165) is 17.0 Å². The predicted molar refractivity (Wildman–Crippen MR) is 81.3 cm³/mol. The third-order valence-corrected chi connectivity index (χ3v) is 3.34. The minimum absolute atomic E-state index is 0.563. The molecule has 0 saturated carbocycles. The van der Waals surface area contributed by atoms with E-state index in [4.69, 9.17) is 21.6 Å². The Bertz CT molecular complexity index is 649. The molecule has 2 aromatic carbocycles. The number of methoxy groups -OCH3 is 1. The highest BCUT2D eigenvalue weighted by molar-refractivity contribution is 6.33. The Balaban J connectivity index is 2.19. The Kier molecular flexibility index (Phi) is 4.49. The molecule has 0 aliphatic heterocycles. The maximum Gasteiger partial charge on any atom is 0.119 e. The lowest BCUT2D eigenvalue weighted by molar-refractivity contribution is 0.414. The minimum atomic E-state index is 0.563. The summed E-state index contributed by atoms with van der Waals surface area (Å²) in [5.41, 5.74) is 2.59. The van der Waals surface area contributed by atoms with Crippen molar-refractivity contribution in [3.63, 3.8) is 0 Å². The first-order valence-electron chi connectivity index (χ1n) is 6.17. The molecule has 2 rings (SSSR count). The summed E-state index contributed by atoms with van der Waals surface area (Å²) < 4.78 is 5.22. The maximum absolute atomic E-state index is 8.85. The van der Waals surface area contributed by atoms with Crippen LogP contribution in [0, 0.1) is 11.3 Å². The van der Waals surface area contributed by atoms with Gasteiger partial charge in [0, 0.05) is 13.6 Å². The van der Waals surface area contributed by atoms with E-state index in [2.05, 4.69) is 6.07 Å². The summed E-state index contributed by atoms with van der Waals surface area (Å²) in [7, 11) is 3.62. The maximum atomic E-state index is 8.85. The van der Waals surface area contributed by atoms with Crippen molar-refractivity contribution < 1.29 is 4.74 Å². The van der Waals surface area contributed by atoms with Gasteiger partial charge in [0.2, 0.25) is 0 Å². The molecule has 0 atom stereocenters. The van der Waals surface area contributed by atoms with Gasteiger partial charge in [-0.2, -0.15) is 5.26 Å². The van der Waals surface area contributed by atoms with Crippen LogP contribution in [0.15, 0.2) is 42.5 Å². The fourth-order valence-corrected chi connectivity index (χ4v) is 2.34. The van der Waals surface area contributed by atoms with E-state index in [-0.39, 0.29) is 0 Å². The lowest BCUT2D eigenvalue weighted by atomic mass is 10.1. The van der Waals surface area contributed by atoms with Crippen molar-refractivity contribution in [2.75, 3.05) is 19.1 Å². The normalized spacial score (nSPS) is 9.90. The molecule has 0 unspecified atom stereocenters. The SMILES string of the molecule is COc1cccc(CN(C)c2ccc(C#N)cc2Cl)c1. The number of hydrogen-bond acceptors (Lipinski definition) is 3. The predicted octanol–water partition coefficient (Wildman–Crippen LogP) is 3.86. The van der Waals surface area contributed by atoms with E-state index in [9.17, 15) is 0 Å². The molecule has 0 fully saturated rings. The lowest BCUT2D eigenvalue weighted by Gasteiger charge is -2.21. The molecule has 102 valence electrons. The standard InChI is InChI=1S/C16H15ClN2O/c1-19(11-13-4-3-5-14(8-13)20-2)16-7-6-12(10-18)9-15(16)17/h3-9H,11H2,1-2H3. The van der Waals surface area contributed by atoms with Gasteiger partial charge in [0.15, 0.2) is 0 Å². The first-order valence-corrected chi connectivity index (χ1v) is 6.55. The number of anilines is 1. The smallest absolute Gasteiger partial charge is 0.119 e. The number of rotatable bonds is 4. The number of nitriles is 1.